The number of benzene rings is 2. The highest BCUT2D eigenvalue weighted by Crippen LogP contribution is 2.41. The summed E-state index contributed by atoms with van der Waals surface area (Å²) in [6, 6.07) is 15.4. The lowest BCUT2D eigenvalue weighted by Crippen LogP contribution is -2.54. The number of rotatable bonds is 8. The predicted octanol–water partition coefficient (Wildman–Crippen LogP) is 3.52. The van der Waals surface area contributed by atoms with Gasteiger partial charge in [0.15, 0.2) is 0 Å². The molecule has 1 aliphatic heterocycles. The van der Waals surface area contributed by atoms with E-state index in [1.165, 1.54) is 4.31 Å². The summed E-state index contributed by atoms with van der Waals surface area (Å²) in [6.45, 7) is 5.37. The summed E-state index contributed by atoms with van der Waals surface area (Å²) < 4.78 is 33.3. The molecule has 2 aromatic rings. The second kappa shape index (κ2) is 9.47. The zero-order chi connectivity index (χ0) is 21.8. The molecule has 1 heterocycles. The van der Waals surface area contributed by atoms with Gasteiger partial charge in [0, 0.05) is 19.6 Å². The molecule has 0 radical (unpaired) electrons. The second-order valence-corrected chi connectivity index (χ2v) is 9.73. The van der Waals surface area contributed by atoms with Gasteiger partial charge in [-0.15, -0.1) is 0 Å². The normalized spacial score (nSPS) is 20.4. The Morgan fingerprint density at radius 1 is 1.10 bits per heavy atom. The maximum Gasteiger partial charge on any atom is 0.243 e. The first kappa shape index (κ1) is 22.7. The predicted molar refractivity (Wildman–Crippen MR) is 120 cm³/mol. The molecule has 164 valence electrons. The van der Waals surface area contributed by atoms with Crippen LogP contribution in [-0.2, 0) is 22.0 Å². The average Bonchev–Trinajstić information content (AvgIpc) is 2.76. The molecule has 1 aliphatic rings. The quantitative estimate of drug-likeness (QED) is 0.647. The lowest BCUT2D eigenvalue weighted by atomic mass is 9.77. The first-order valence-corrected chi connectivity index (χ1v) is 12.1. The molecule has 1 fully saturated rings. The fourth-order valence-electron chi connectivity index (χ4n) is 4.49. The topological polar surface area (TPSA) is 75.9 Å². The third kappa shape index (κ3) is 4.25. The maximum atomic E-state index is 13.1. The van der Waals surface area contributed by atoms with Crippen LogP contribution in [0.15, 0.2) is 53.4 Å². The molecular weight excluding hydrogens is 398 g/mol. The van der Waals surface area contributed by atoms with Crippen LogP contribution in [0.5, 0.6) is 5.75 Å². The van der Waals surface area contributed by atoms with Crippen LogP contribution in [0.3, 0.4) is 0 Å². The molecule has 0 aliphatic carbocycles. The van der Waals surface area contributed by atoms with Gasteiger partial charge < -0.3 is 4.74 Å². The van der Waals surface area contributed by atoms with Gasteiger partial charge in [-0.3, -0.25) is 5.84 Å². The highest BCUT2D eigenvalue weighted by atomic mass is 32.2. The maximum absolute atomic E-state index is 13.1. The Morgan fingerprint density at radius 3 is 2.40 bits per heavy atom. The van der Waals surface area contributed by atoms with Crippen molar-refractivity contribution in [2.75, 3.05) is 26.7 Å². The van der Waals surface area contributed by atoms with Crippen molar-refractivity contribution in [1.82, 2.24) is 9.31 Å². The molecule has 1 unspecified atom stereocenters. The number of hydrazine groups is 1. The Morgan fingerprint density at radius 2 is 1.80 bits per heavy atom. The zero-order valence-corrected chi connectivity index (χ0v) is 19.0. The van der Waals surface area contributed by atoms with Crippen LogP contribution in [-0.4, -0.2) is 44.5 Å². The van der Waals surface area contributed by atoms with Gasteiger partial charge >= 0.3 is 0 Å². The SMILES string of the molecule is CCN(CC)S(=O)(=O)c1ccc(OC)c(CC2(c3ccccc3)CCCCN2N)c1. The van der Waals surface area contributed by atoms with Crippen LogP contribution in [0, 0.1) is 0 Å². The molecule has 0 spiro atoms. The fourth-order valence-corrected chi connectivity index (χ4v) is 6.00. The van der Waals surface area contributed by atoms with Crippen LogP contribution >= 0.6 is 0 Å². The monoisotopic (exact) mass is 431 g/mol. The van der Waals surface area contributed by atoms with Crippen molar-refractivity contribution < 1.29 is 13.2 Å². The van der Waals surface area contributed by atoms with Crippen molar-refractivity contribution in [3.8, 4) is 5.75 Å². The van der Waals surface area contributed by atoms with E-state index in [4.69, 9.17) is 10.6 Å². The molecule has 2 aromatic carbocycles. The zero-order valence-electron chi connectivity index (χ0n) is 18.2. The molecule has 0 saturated carbocycles. The molecule has 3 rings (SSSR count). The van der Waals surface area contributed by atoms with Crippen molar-refractivity contribution in [2.24, 2.45) is 5.84 Å². The Bertz CT molecular complexity index is 945. The summed E-state index contributed by atoms with van der Waals surface area (Å²) >= 11 is 0. The molecule has 1 saturated heterocycles. The van der Waals surface area contributed by atoms with E-state index in [1.807, 2.05) is 37.1 Å². The Kier molecular flexibility index (Phi) is 7.18. The van der Waals surface area contributed by atoms with E-state index in [-0.39, 0.29) is 0 Å². The van der Waals surface area contributed by atoms with Crippen molar-refractivity contribution in [2.45, 2.75) is 50.0 Å². The summed E-state index contributed by atoms with van der Waals surface area (Å²) in [5, 5.41) is 1.93. The molecule has 2 N–H and O–H groups in total. The van der Waals surface area contributed by atoms with E-state index in [9.17, 15) is 8.42 Å². The van der Waals surface area contributed by atoms with Crippen molar-refractivity contribution in [3.05, 3.63) is 59.7 Å². The van der Waals surface area contributed by atoms with E-state index < -0.39 is 15.6 Å². The molecule has 0 amide bonds. The lowest BCUT2D eigenvalue weighted by Gasteiger charge is -2.45. The first-order valence-electron chi connectivity index (χ1n) is 10.6. The van der Waals surface area contributed by atoms with E-state index in [1.54, 1.807) is 25.3 Å². The van der Waals surface area contributed by atoms with Crippen LogP contribution in [0.1, 0.15) is 44.2 Å². The number of ether oxygens (including phenoxy) is 1. The van der Waals surface area contributed by atoms with Crippen molar-refractivity contribution >= 4 is 10.0 Å². The molecule has 30 heavy (non-hydrogen) atoms. The van der Waals surface area contributed by atoms with E-state index in [2.05, 4.69) is 12.1 Å². The number of nitrogens with zero attached hydrogens (tertiary/aromatic N) is 2. The fraction of sp³-hybridized carbons (Fsp3) is 0.478. The first-order chi connectivity index (χ1) is 14.4. The van der Waals surface area contributed by atoms with Gasteiger partial charge in [-0.1, -0.05) is 44.2 Å². The number of piperidine rings is 1. The van der Waals surface area contributed by atoms with E-state index >= 15 is 0 Å². The van der Waals surface area contributed by atoms with Crippen molar-refractivity contribution in [1.29, 1.82) is 0 Å². The third-order valence-corrected chi connectivity index (χ3v) is 8.22. The average molecular weight is 432 g/mol. The van der Waals surface area contributed by atoms with Crippen molar-refractivity contribution in [3.63, 3.8) is 0 Å². The van der Waals surface area contributed by atoms with Crippen LogP contribution < -0.4 is 10.6 Å². The second-order valence-electron chi connectivity index (χ2n) is 7.79. The minimum atomic E-state index is -3.55. The summed E-state index contributed by atoms with van der Waals surface area (Å²) in [6.07, 6.45) is 3.61. The smallest absolute Gasteiger partial charge is 0.243 e. The highest BCUT2D eigenvalue weighted by molar-refractivity contribution is 7.89. The number of nitrogens with two attached hydrogens (primary N) is 1. The Hall–Kier alpha value is -1.93. The number of hydrogen-bond acceptors (Lipinski definition) is 5. The number of methoxy groups -OCH3 is 1. The summed E-state index contributed by atoms with van der Waals surface area (Å²) in [5.74, 6) is 7.25. The minimum absolute atomic E-state index is 0.296. The van der Waals surface area contributed by atoms with Gasteiger partial charge in [-0.25, -0.2) is 13.4 Å². The largest absolute Gasteiger partial charge is 0.496 e. The molecule has 0 aromatic heterocycles. The molecule has 1 atom stereocenters. The lowest BCUT2D eigenvalue weighted by molar-refractivity contribution is 0.0420. The molecular formula is C23H33N3O3S. The molecule has 7 heteroatoms. The summed E-state index contributed by atoms with van der Waals surface area (Å²) in [4.78, 5) is 0.296. The van der Waals surface area contributed by atoms with Gasteiger partial charge in [0.25, 0.3) is 0 Å². The van der Waals surface area contributed by atoms with E-state index in [0.717, 1.165) is 36.9 Å². The van der Waals surface area contributed by atoms with Crippen LogP contribution in [0.4, 0.5) is 0 Å². The highest BCUT2D eigenvalue weighted by Gasteiger charge is 2.40. The van der Waals surface area contributed by atoms with E-state index in [0.29, 0.717) is 30.2 Å². The third-order valence-electron chi connectivity index (χ3n) is 6.18. The van der Waals surface area contributed by atoms with Gasteiger partial charge in [-0.2, -0.15) is 4.31 Å². The molecule has 6 nitrogen and oxygen atoms in total. The standard InChI is InChI=1S/C23H33N3O3S/c1-4-25(5-2)30(27,28)21-13-14-22(29-3)19(17-21)18-23(15-9-10-16-26(23)24)20-11-7-6-8-12-20/h6-8,11-14,17H,4-5,9-10,15-16,18,24H2,1-3H3. The van der Waals surface area contributed by atoms with Crippen LogP contribution in [0.25, 0.3) is 0 Å². The minimum Gasteiger partial charge on any atom is -0.496 e. The number of hydrogen-bond donors (Lipinski definition) is 1. The summed E-state index contributed by atoms with van der Waals surface area (Å²) in [7, 11) is -1.94. The van der Waals surface area contributed by atoms with Crippen LogP contribution in [0.2, 0.25) is 0 Å². The molecule has 0 bridgehead atoms. The van der Waals surface area contributed by atoms with Gasteiger partial charge in [0.05, 0.1) is 17.5 Å². The Balaban J connectivity index is 2.09. The Labute approximate surface area is 180 Å². The van der Waals surface area contributed by atoms with Gasteiger partial charge in [-0.05, 0) is 55.0 Å². The summed E-state index contributed by atoms with van der Waals surface area (Å²) in [5.41, 5.74) is 1.60. The van der Waals surface area contributed by atoms with Gasteiger partial charge in [0.1, 0.15) is 5.75 Å². The van der Waals surface area contributed by atoms with Gasteiger partial charge in [0.2, 0.25) is 10.0 Å². The number of sulfonamides is 1.